The zero-order chi connectivity index (χ0) is 17.8. The third-order valence-electron chi connectivity index (χ3n) is 3.70. The molecular weight excluding hydrogens is 347 g/mol. The number of nitrogens with zero attached hydrogens (tertiary/aromatic N) is 1. The van der Waals surface area contributed by atoms with Crippen LogP contribution in [0.1, 0.15) is 27.9 Å². The third-order valence-corrected chi connectivity index (χ3v) is 4.18. The number of nitrogens with one attached hydrogen (secondary N) is 1. The molecule has 0 saturated carbocycles. The van der Waals surface area contributed by atoms with Gasteiger partial charge < -0.3 is 4.42 Å². The number of hydrogen-bond acceptors (Lipinski definition) is 5. The second-order valence-corrected chi connectivity index (χ2v) is 6.31. The van der Waals surface area contributed by atoms with Crippen LogP contribution in [0.15, 0.2) is 47.2 Å². The maximum atomic E-state index is 13.9. The topological polar surface area (TPSA) is 89.3 Å². The molecule has 0 aliphatic carbocycles. The van der Waals surface area contributed by atoms with Crippen LogP contribution < -0.4 is 4.72 Å². The molecule has 0 aliphatic heterocycles. The normalized spacial score (nSPS) is 11.3. The minimum atomic E-state index is -2.64. The molecule has 0 radical (unpaired) electrons. The summed E-state index contributed by atoms with van der Waals surface area (Å²) >= 11 is 0. The van der Waals surface area contributed by atoms with E-state index in [0.29, 0.717) is 35.1 Å². The van der Waals surface area contributed by atoms with Gasteiger partial charge in [-0.15, -0.1) is 0 Å². The Hall–Kier alpha value is -2.58. The molecule has 8 heteroatoms. The smallest absolute Gasteiger partial charge is 0.201 e. The zero-order valence-corrected chi connectivity index (χ0v) is 14.0. The summed E-state index contributed by atoms with van der Waals surface area (Å²) in [7, 11) is -2.64. The fourth-order valence-corrected chi connectivity index (χ4v) is 2.89. The quantitative estimate of drug-likeness (QED) is 0.382. The maximum absolute atomic E-state index is 13.9. The molecule has 2 aromatic carbocycles. The van der Waals surface area contributed by atoms with Gasteiger partial charge in [0.25, 0.3) is 0 Å². The van der Waals surface area contributed by atoms with E-state index in [9.17, 15) is 17.6 Å². The summed E-state index contributed by atoms with van der Waals surface area (Å²) in [6.07, 6.45) is 2.25. The minimum Gasteiger partial charge on any atom is -0.443 e. The number of halogens is 1. The molecule has 0 unspecified atom stereocenters. The highest BCUT2D eigenvalue weighted by Crippen LogP contribution is 2.19. The van der Waals surface area contributed by atoms with Gasteiger partial charge in [0, 0.05) is 17.7 Å². The molecule has 25 heavy (non-hydrogen) atoms. The van der Waals surface area contributed by atoms with E-state index in [1.807, 2.05) is 0 Å². The first-order valence-electron chi connectivity index (χ1n) is 7.58. The molecule has 0 spiro atoms. The van der Waals surface area contributed by atoms with E-state index in [4.69, 9.17) is 4.42 Å². The fraction of sp³-hybridized carbons (Fsp3) is 0.176. The van der Waals surface area contributed by atoms with E-state index in [1.54, 1.807) is 24.3 Å². The van der Waals surface area contributed by atoms with Gasteiger partial charge in [0.2, 0.25) is 10.9 Å². The molecule has 3 rings (SSSR count). The van der Waals surface area contributed by atoms with Gasteiger partial charge in [-0.3, -0.25) is 4.79 Å². The molecule has 1 heterocycles. The van der Waals surface area contributed by atoms with Gasteiger partial charge in [0.15, 0.2) is 17.8 Å². The van der Waals surface area contributed by atoms with Crippen molar-refractivity contribution in [3.63, 3.8) is 0 Å². The van der Waals surface area contributed by atoms with Crippen LogP contribution in [0.2, 0.25) is 0 Å². The maximum Gasteiger partial charge on any atom is 0.201 e. The first-order chi connectivity index (χ1) is 12.0. The van der Waals surface area contributed by atoms with Crippen LogP contribution in [0.25, 0.3) is 11.1 Å². The van der Waals surface area contributed by atoms with Gasteiger partial charge >= 0.3 is 0 Å². The van der Waals surface area contributed by atoms with Crippen LogP contribution in [0, 0.1) is 5.82 Å². The summed E-state index contributed by atoms with van der Waals surface area (Å²) in [5, 5.41) is 0. The van der Waals surface area contributed by atoms with Crippen LogP contribution in [-0.4, -0.2) is 25.7 Å². The number of aryl methyl sites for hydroxylation is 1. The van der Waals surface area contributed by atoms with Crippen LogP contribution >= 0.6 is 0 Å². The summed E-state index contributed by atoms with van der Waals surface area (Å²) in [6, 6.07) is 9.00. The summed E-state index contributed by atoms with van der Waals surface area (Å²) in [6.45, 7) is 0.265. The fourth-order valence-electron chi connectivity index (χ4n) is 2.55. The first kappa shape index (κ1) is 17.2. The van der Waals surface area contributed by atoms with Crippen molar-refractivity contribution in [1.82, 2.24) is 9.71 Å². The number of fused-ring (bicyclic) bond motifs is 1. The predicted molar refractivity (Wildman–Crippen MR) is 90.5 cm³/mol. The average molecular weight is 362 g/mol. The Morgan fingerprint density at radius 2 is 2.00 bits per heavy atom. The number of benzene rings is 2. The lowest BCUT2D eigenvalue weighted by Gasteiger charge is -2.06. The molecule has 6 nitrogen and oxygen atoms in total. The van der Waals surface area contributed by atoms with E-state index in [1.165, 1.54) is 18.5 Å². The Morgan fingerprint density at radius 3 is 2.80 bits per heavy atom. The summed E-state index contributed by atoms with van der Waals surface area (Å²) in [5.74, 6) is -0.829. The van der Waals surface area contributed by atoms with Crippen molar-refractivity contribution in [2.24, 2.45) is 0 Å². The van der Waals surface area contributed by atoms with Gasteiger partial charge in [0.05, 0.1) is 0 Å². The molecule has 0 saturated heterocycles. The molecule has 1 N–H and O–H groups in total. The number of carbonyl (C=O) groups excluding carboxylic acids is 1. The number of ketones is 1. The van der Waals surface area contributed by atoms with Crippen molar-refractivity contribution in [2.75, 3.05) is 6.54 Å². The molecule has 0 aliphatic rings. The van der Waals surface area contributed by atoms with Crippen molar-refractivity contribution >= 4 is 27.8 Å². The lowest BCUT2D eigenvalue weighted by atomic mass is 9.99. The minimum absolute atomic E-state index is 0.233. The predicted octanol–water partition coefficient (Wildman–Crippen LogP) is 2.25. The average Bonchev–Trinajstić information content (AvgIpc) is 3.05. The standard InChI is InChI=1S/C17H15FN2O4S/c18-14-7-11(2-1-5-20-25(22)23)6-13(8-14)17(21)12-3-4-15-16(9-12)24-10-19-15/h3-4,6-10,25H,1-2,5H2,(H,20,22,23). The highest BCUT2D eigenvalue weighted by Gasteiger charge is 2.13. The molecule has 0 bridgehead atoms. The Balaban J connectivity index is 1.79. The number of rotatable bonds is 7. The van der Waals surface area contributed by atoms with Crippen LogP contribution in [-0.2, 0) is 17.3 Å². The molecule has 0 amide bonds. The number of thiol groups is 1. The van der Waals surface area contributed by atoms with Gasteiger partial charge in [-0.2, -0.15) is 0 Å². The van der Waals surface area contributed by atoms with Crippen molar-refractivity contribution < 1.29 is 22.0 Å². The van der Waals surface area contributed by atoms with Gasteiger partial charge in [0.1, 0.15) is 11.3 Å². The number of hydrogen-bond donors (Lipinski definition) is 2. The second kappa shape index (κ2) is 7.54. The molecule has 3 aromatic rings. The Kier molecular flexibility index (Phi) is 5.20. The van der Waals surface area contributed by atoms with E-state index < -0.39 is 16.7 Å². The lowest BCUT2D eigenvalue weighted by Crippen LogP contribution is -2.13. The Labute approximate surface area is 144 Å². The van der Waals surface area contributed by atoms with Crippen molar-refractivity contribution in [3.8, 4) is 0 Å². The van der Waals surface area contributed by atoms with E-state index in [0.717, 1.165) is 0 Å². The van der Waals surface area contributed by atoms with Crippen LogP contribution in [0.4, 0.5) is 4.39 Å². The van der Waals surface area contributed by atoms with Crippen LogP contribution in [0.5, 0.6) is 0 Å². The Bertz CT molecular complexity index is 989. The van der Waals surface area contributed by atoms with Crippen molar-refractivity contribution in [1.29, 1.82) is 0 Å². The number of oxazole rings is 1. The SMILES string of the molecule is O=C(c1cc(F)cc(CCCN[SH](=O)=O)c1)c1ccc2ncoc2c1. The number of aromatic nitrogens is 1. The lowest BCUT2D eigenvalue weighted by molar-refractivity contribution is 0.103. The zero-order valence-electron chi connectivity index (χ0n) is 13.1. The van der Waals surface area contributed by atoms with E-state index in [2.05, 4.69) is 9.71 Å². The molecule has 130 valence electrons. The molecule has 0 atom stereocenters. The summed E-state index contributed by atoms with van der Waals surface area (Å²) < 4.78 is 42.2. The highest BCUT2D eigenvalue weighted by molar-refractivity contribution is 7.70. The van der Waals surface area contributed by atoms with Crippen molar-refractivity contribution in [3.05, 3.63) is 65.3 Å². The monoisotopic (exact) mass is 362 g/mol. The number of carbonyl (C=O) groups is 1. The summed E-state index contributed by atoms with van der Waals surface area (Å²) in [4.78, 5) is 16.6. The Morgan fingerprint density at radius 1 is 1.16 bits per heavy atom. The van der Waals surface area contributed by atoms with E-state index >= 15 is 0 Å². The first-order valence-corrected chi connectivity index (χ1v) is 8.76. The van der Waals surface area contributed by atoms with Gasteiger partial charge in [-0.1, -0.05) is 0 Å². The molecular formula is C17H15FN2O4S. The van der Waals surface area contributed by atoms with Gasteiger partial charge in [-0.25, -0.2) is 22.5 Å². The summed E-state index contributed by atoms with van der Waals surface area (Å²) in [5.41, 5.74) is 2.37. The van der Waals surface area contributed by atoms with Gasteiger partial charge in [-0.05, 0) is 54.8 Å². The largest absolute Gasteiger partial charge is 0.443 e. The molecule has 0 fully saturated rings. The second-order valence-electron chi connectivity index (χ2n) is 5.48. The van der Waals surface area contributed by atoms with Crippen molar-refractivity contribution in [2.45, 2.75) is 12.8 Å². The van der Waals surface area contributed by atoms with E-state index in [-0.39, 0.29) is 17.9 Å². The van der Waals surface area contributed by atoms with Crippen LogP contribution in [0.3, 0.4) is 0 Å². The highest BCUT2D eigenvalue weighted by atomic mass is 32.2. The molecule has 1 aromatic heterocycles. The third kappa shape index (κ3) is 4.28.